The Hall–Kier alpha value is -0.870. The van der Waals surface area contributed by atoms with Crippen molar-refractivity contribution in [1.29, 1.82) is 0 Å². The van der Waals surface area contributed by atoms with Gasteiger partial charge >= 0.3 is 5.97 Å². The van der Waals surface area contributed by atoms with E-state index in [1.54, 1.807) is 0 Å². The first-order chi connectivity index (χ1) is 14.9. The number of hydrogen-bond acceptors (Lipinski definition) is 4. The molecule has 4 rings (SSSR count). The van der Waals surface area contributed by atoms with Gasteiger partial charge in [0.25, 0.3) is 0 Å². The maximum Gasteiger partial charge on any atom is 0.302 e. The van der Waals surface area contributed by atoms with E-state index in [4.69, 9.17) is 4.74 Å². The first-order valence-corrected chi connectivity index (χ1v) is 13.2. The van der Waals surface area contributed by atoms with Crippen LogP contribution >= 0.6 is 0 Å². The van der Waals surface area contributed by atoms with Crippen LogP contribution in [0, 0.1) is 46.3 Å². The first-order valence-electron chi connectivity index (χ1n) is 13.2. The van der Waals surface area contributed by atoms with Gasteiger partial charge in [0.05, 0.1) is 11.7 Å². The van der Waals surface area contributed by atoms with Crippen molar-refractivity contribution in [3.63, 3.8) is 0 Å². The molecule has 10 unspecified atom stereocenters. The number of aliphatic hydroxyl groups is 2. The van der Waals surface area contributed by atoms with Crippen LogP contribution in [-0.2, 0) is 9.53 Å². The van der Waals surface area contributed by atoms with Crippen LogP contribution in [0.1, 0.15) is 92.9 Å². The predicted octanol–water partition coefficient (Wildman–Crippen LogP) is 5.51. The molecule has 182 valence electrons. The minimum Gasteiger partial charge on any atom is -0.462 e. The number of aliphatic hydroxyl groups excluding tert-OH is 1. The van der Waals surface area contributed by atoms with Crippen LogP contribution in [0.25, 0.3) is 0 Å². The van der Waals surface area contributed by atoms with Crippen molar-refractivity contribution < 1.29 is 19.7 Å². The monoisotopic (exact) mass is 446 g/mol. The molecule has 4 nitrogen and oxygen atoms in total. The molecule has 0 aromatic rings. The van der Waals surface area contributed by atoms with Gasteiger partial charge in [-0.3, -0.25) is 4.79 Å². The molecule has 0 saturated heterocycles. The van der Waals surface area contributed by atoms with E-state index >= 15 is 0 Å². The van der Waals surface area contributed by atoms with Crippen molar-refractivity contribution in [2.75, 3.05) is 0 Å². The highest BCUT2D eigenvalue weighted by molar-refractivity contribution is 5.66. The third-order valence-corrected chi connectivity index (χ3v) is 10.7. The van der Waals surface area contributed by atoms with Gasteiger partial charge in [-0.1, -0.05) is 46.8 Å². The van der Waals surface area contributed by atoms with E-state index in [0.717, 1.165) is 19.3 Å². The van der Waals surface area contributed by atoms with E-state index in [2.05, 4.69) is 46.8 Å². The Bertz CT molecular complexity index is 746. The summed E-state index contributed by atoms with van der Waals surface area (Å²) in [5, 5.41) is 23.2. The summed E-state index contributed by atoms with van der Waals surface area (Å²) in [5.41, 5.74) is -1.15. The van der Waals surface area contributed by atoms with Crippen LogP contribution in [0.4, 0.5) is 0 Å². The summed E-state index contributed by atoms with van der Waals surface area (Å²) < 4.78 is 5.48. The molecule has 0 spiro atoms. The van der Waals surface area contributed by atoms with E-state index in [1.165, 1.54) is 26.2 Å². The Morgan fingerprint density at radius 2 is 1.75 bits per heavy atom. The highest BCUT2D eigenvalue weighted by atomic mass is 16.5. The molecule has 4 heteroatoms. The Balaban J connectivity index is 1.57. The topological polar surface area (TPSA) is 66.8 Å². The molecule has 0 heterocycles. The summed E-state index contributed by atoms with van der Waals surface area (Å²) in [6.07, 6.45) is 11.3. The van der Waals surface area contributed by atoms with E-state index in [9.17, 15) is 15.0 Å². The van der Waals surface area contributed by atoms with Crippen molar-refractivity contribution in [2.24, 2.45) is 46.3 Å². The fourth-order valence-electron chi connectivity index (χ4n) is 9.01. The number of rotatable bonds is 4. The van der Waals surface area contributed by atoms with Crippen LogP contribution in [-0.4, -0.2) is 34.0 Å². The summed E-state index contributed by atoms with van der Waals surface area (Å²) in [4.78, 5) is 11.5. The largest absolute Gasteiger partial charge is 0.462 e. The molecule has 4 aliphatic rings. The van der Waals surface area contributed by atoms with Gasteiger partial charge in [0.1, 0.15) is 6.10 Å². The number of esters is 1. The van der Waals surface area contributed by atoms with Gasteiger partial charge in [0.2, 0.25) is 0 Å². The van der Waals surface area contributed by atoms with Crippen LogP contribution < -0.4 is 0 Å². The molecular weight excluding hydrogens is 400 g/mol. The number of allylic oxidation sites excluding steroid dienone is 2. The van der Waals surface area contributed by atoms with Gasteiger partial charge in [-0.05, 0) is 85.9 Å². The number of carbonyl (C=O) groups is 1. The highest BCUT2D eigenvalue weighted by Crippen LogP contribution is 2.69. The standard InChI is InChI=1S/C28H46O4/c1-17(2)7-8-18(3)22-9-10-23-21-15-25(30)28(31)16-20(32-19(4)29)11-14-27(28,6)24(21)12-13-26(22,23)5/h7-8,17-18,20-25,30-31H,9-16H2,1-6H3. The molecule has 0 radical (unpaired) electrons. The average molecular weight is 447 g/mol. The van der Waals surface area contributed by atoms with Crippen molar-refractivity contribution in [2.45, 2.75) is 111 Å². The lowest BCUT2D eigenvalue weighted by Gasteiger charge is -2.65. The number of fused-ring (bicyclic) bond motifs is 5. The molecule has 10 atom stereocenters. The van der Waals surface area contributed by atoms with Gasteiger partial charge < -0.3 is 14.9 Å². The molecule has 4 fully saturated rings. The van der Waals surface area contributed by atoms with E-state index in [-0.39, 0.29) is 17.5 Å². The number of hydrogen-bond donors (Lipinski definition) is 2. The Morgan fingerprint density at radius 3 is 2.41 bits per heavy atom. The molecular formula is C28H46O4. The van der Waals surface area contributed by atoms with E-state index in [0.29, 0.717) is 53.8 Å². The molecule has 0 aliphatic heterocycles. The van der Waals surface area contributed by atoms with Crippen LogP contribution in [0.2, 0.25) is 0 Å². The zero-order valence-electron chi connectivity index (χ0n) is 21.1. The van der Waals surface area contributed by atoms with Gasteiger partial charge in [-0.25, -0.2) is 0 Å². The predicted molar refractivity (Wildman–Crippen MR) is 127 cm³/mol. The smallest absolute Gasteiger partial charge is 0.302 e. The number of ether oxygens (including phenoxy) is 1. The third kappa shape index (κ3) is 3.68. The van der Waals surface area contributed by atoms with Gasteiger partial charge in [-0.2, -0.15) is 0 Å². The summed E-state index contributed by atoms with van der Waals surface area (Å²) in [6.45, 7) is 13.1. The SMILES string of the molecule is CC(=O)OC1CCC2(C)C3CCC4(C)C(C(C)C=CC(C)C)CCC4C3CC(O)C2(O)C1. The number of carbonyl (C=O) groups excluding carboxylic acids is 1. The van der Waals surface area contributed by atoms with Crippen LogP contribution in [0.15, 0.2) is 12.2 Å². The molecule has 32 heavy (non-hydrogen) atoms. The summed E-state index contributed by atoms with van der Waals surface area (Å²) in [6, 6.07) is 0. The van der Waals surface area contributed by atoms with Gasteiger partial charge in [0, 0.05) is 18.8 Å². The van der Waals surface area contributed by atoms with E-state index in [1.807, 2.05) is 0 Å². The Labute approximate surface area is 195 Å². The summed E-state index contributed by atoms with van der Waals surface area (Å²) in [7, 11) is 0. The first kappa shape index (κ1) is 24.3. The lowest BCUT2D eigenvalue weighted by molar-refractivity contribution is -0.266. The molecule has 0 bridgehead atoms. The van der Waals surface area contributed by atoms with Crippen LogP contribution in [0.3, 0.4) is 0 Å². The fraction of sp³-hybridized carbons (Fsp3) is 0.893. The summed E-state index contributed by atoms with van der Waals surface area (Å²) in [5.74, 6) is 3.13. The lowest BCUT2D eigenvalue weighted by Crippen LogP contribution is -2.68. The quantitative estimate of drug-likeness (QED) is 0.441. The molecule has 4 saturated carbocycles. The second-order valence-electron chi connectivity index (χ2n) is 12.7. The molecule has 4 aliphatic carbocycles. The fourth-order valence-corrected chi connectivity index (χ4v) is 9.01. The van der Waals surface area contributed by atoms with Crippen molar-refractivity contribution >= 4 is 5.97 Å². The maximum absolute atomic E-state index is 11.9. The van der Waals surface area contributed by atoms with Crippen molar-refractivity contribution in [3.05, 3.63) is 12.2 Å². The highest BCUT2D eigenvalue weighted by Gasteiger charge is 2.67. The Morgan fingerprint density at radius 1 is 1.03 bits per heavy atom. The normalized spacial score (nSPS) is 49.4. The Kier molecular flexibility index (Phi) is 6.38. The molecule has 0 aromatic heterocycles. The molecule has 0 aromatic carbocycles. The van der Waals surface area contributed by atoms with Crippen molar-refractivity contribution in [1.82, 2.24) is 0 Å². The summed E-state index contributed by atoms with van der Waals surface area (Å²) >= 11 is 0. The third-order valence-electron chi connectivity index (χ3n) is 10.7. The zero-order chi connectivity index (χ0) is 23.5. The van der Waals surface area contributed by atoms with Gasteiger partial charge in [0.15, 0.2) is 0 Å². The van der Waals surface area contributed by atoms with Gasteiger partial charge in [-0.15, -0.1) is 0 Å². The average Bonchev–Trinajstić information content (AvgIpc) is 3.05. The van der Waals surface area contributed by atoms with Crippen LogP contribution in [0.5, 0.6) is 0 Å². The minimum atomic E-state index is -1.16. The molecule has 2 N–H and O–H groups in total. The maximum atomic E-state index is 11.9. The molecule has 0 amide bonds. The lowest BCUT2D eigenvalue weighted by atomic mass is 9.42. The minimum absolute atomic E-state index is 0.282. The second kappa shape index (κ2) is 8.41. The van der Waals surface area contributed by atoms with Crippen molar-refractivity contribution in [3.8, 4) is 0 Å². The zero-order valence-corrected chi connectivity index (χ0v) is 21.1. The van der Waals surface area contributed by atoms with E-state index < -0.39 is 11.7 Å². The second-order valence-corrected chi connectivity index (χ2v) is 12.7.